The fraction of sp³-hybridized carbons (Fsp3) is 0.250. The molecule has 1 aromatic carbocycles. The molecule has 5 nitrogen and oxygen atoms in total. The van der Waals surface area contributed by atoms with E-state index in [0.29, 0.717) is 16.7 Å². The summed E-state index contributed by atoms with van der Waals surface area (Å²) in [5, 5.41) is 2.76. The smallest absolute Gasteiger partial charge is 0.262 e. The van der Waals surface area contributed by atoms with E-state index < -0.39 is 0 Å². The number of rotatable bonds is 3. The molecular formula is C12H12N2O3. The van der Waals surface area contributed by atoms with Gasteiger partial charge in [-0.25, -0.2) is 0 Å². The largest absolute Gasteiger partial charge is 0.302 e. The van der Waals surface area contributed by atoms with E-state index in [9.17, 15) is 14.4 Å². The number of nitrogens with zero attached hydrogens (tertiary/aromatic N) is 1. The molecular weight excluding hydrogens is 220 g/mol. The van der Waals surface area contributed by atoms with Crippen molar-refractivity contribution in [1.29, 1.82) is 0 Å². The van der Waals surface area contributed by atoms with Gasteiger partial charge in [0.25, 0.3) is 11.8 Å². The SMILES string of the molecule is CNCN1C(=O)c2ccc(C(C)=O)cc2C1=O. The van der Waals surface area contributed by atoms with Crippen molar-refractivity contribution in [2.75, 3.05) is 13.7 Å². The zero-order valence-electron chi connectivity index (χ0n) is 9.61. The Kier molecular flexibility index (Phi) is 2.77. The Morgan fingerprint density at radius 1 is 1.24 bits per heavy atom. The van der Waals surface area contributed by atoms with Crippen molar-refractivity contribution in [3.63, 3.8) is 0 Å². The van der Waals surface area contributed by atoms with E-state index in [1.54, 1.807) is 13.1 Å². The van der Waals surface area contributed by atoms with Crippen LogP contribution >= 0.6 is 0 Å². The lowest BCUT2D eigenvalue weighted by Crippen LogP contribution is -2.36. The van der Waals surface area contributed by atoms with Gasteiger partial charge in [0, 0.05) is 5.56 Å². The molecule has 0 spiro atoms. The van der Waals surface area contributed by atoms with E-state index in [-0.39, 0.29) is 24.3 Å². The molecule has 0 bridgehead atoms. The molecule has 1 aliphatic heterocycles. The van der Waals surface area contributed by atoms with Crippen LogP contribution in [0.25, 0.3) is 0 Å². The molecule has 0 aromatic heterocycles. The Morgan fingerprint density at radius 2 is 1.88 bits per heavy atom. The molecule has 0 saturated carbocycles. The average Bonchev–Trinajstić information content (AvgIpc) is 2.54. The van der Waals surface area contributed by atoms with E-state index in [1.807, 2.05) is 0 Å². The summed E-state index contributed by atoms with van der Waals surface area (Å²) in [6.07, 6.45) is 0. The lowest BCUT2D eigenvalue weighted by Gasteiger charge is -2.11. The number of ketones is 1. The minimum Gasteiger partial charge on any atom is -0.302 e. The number of hydrogen-bond donors (Lipinski definition) is 1. The molecule has 0 atom stereocenters. The third kappa shape index (κ3) is 1.74. The number of hydrogen-bond acceptors (Lipinski definition) is 4. The monoisotopic (exact) mass is 232 g/mol. The van der Waals surface area contributed by atoms with Gasteiger partial charge in [-0.1, -0.05) is 6.07 Å². The van der Waals surface area contributed by atoms with Gasteiger partial charge in [0.2, 0.25) is 0 Å². The van der Waals surface area contributed by atoms with Crippen molar-refractivity contribution in [3.05, 3.63) is 34.9 Å². The molecule has 0 radical (unpaired) electrons. The van der Waals surface area contributed by atoms with Crippen molar-refractivity contribution in [3.8, 4) is 0 Å². The summed E-state index contributed by atoms with van der Waals surface area (Å²) in [5.74, 6) is -0.808. The Balaban J connectivity index is 2.47. The first-order valence-corrected chi connectivity index (χ1v) is 5.22. The van der Waals surface area contributed by atoms with Gasteiger partial charge in [0.1, 0.15) is 0 Å². The first kappa shape index (κ1) is 11.5. The van der Waals surface area contributed by atoms with Crippen molar-refractivity contribution < 1.29 is 14.4 Å². The van der Waals surface area contributed by atoms with Crippen LogP contribution in [0.1, 0.15) is 38.0 Å². The highest BCUT2D eigenvalue weighted by molar-refractivity contribution is 6.22. The second-order valence-electron chi connectivity index (χ2n) is 3.87. The van der Waals surface area contributed by atoms with Crippen LogP contribution in [0.15, 0.2) is 18.2 Å². The minimum atomic E-state index is -0.359. The second kappa shape index (κ2) is 4.10. The molecule has 2 rings (SSSR count). The predicted octanol–water partition coefficient (Wildman–Crippen LogP) is 0.662. The van der Waals surface area contributed by atoms with E-state index in [2.05, 4.69) is 5.32 Å². The molecule has 0 fully saturated rings. The van der Waals surface area contributed by atoms with E-state index in [0.717, 1.165) is 4.90 Å². The first-order valence-electron chi connectivity index (χ1n) is 5.22. The van der Waals surface area contributed by atoms with Gasteiger partial charge in [-0.15, -0.1) is 0 Å². The molecule has 17 heavy (non-hydrogen) atoms. The highest BCUT2D eigenvalue weighted by Gasteiger charge is 2.35. The summed E-state index contributed by atoms with van der Waals surface area (Å²) < 4.78 is 0. The number of carbonyl (C=O) groups excluding carboxylic acids is 3. The average molecular weight is 232 g/mol. The van der Waals surface area contributed by atoms with Gasteiger partial charge in [0.05, 0.1) is 17.8 Å². The van der Waals surface area contributed by atoms with Crippen LogP contribution in [0.4, 0.5) is 0 Å². The van der Waals surface area contributed by atoms with Crippen molar-refractivity contribution >= 4 is 17.6 Å². The molecule has 0 saturated heterocycles. The number of amides is 2. The summed E-state index contributed by atoms with van der Waals surface area (Å²) in [4.78, 5) is 36.1. The van der Waals surface area contributed by atoms with E-state index in [4.69, 9.17) is 0 Å². The molecule has 1 aromatic rings. The highest BCUT2D eigenvalue weighted by atomic mass is 16.2. The summed E-state index contributed by atoms with van der Waals surface area (Å²) in [5.41, 5.74) is 1.10. The highest BCUT2D eigenvalue weighted by Crippen LogP contribution is 2.23. The Hall–Kier alpha value is -2.01. The lowest BCUT2D eigenvalue weighted by atomic mass is 10.0. The van der Waals surface area contributed by atoms with Gasteiger partial charge in [-0.2, -0.15) is 0 Å². The van der Waals surface area contributed by atoms with Crippen LogP contribution in [0.5, 0.6) is 0 Å². The van der Waals surface area contributed by atoms with Crippen molar-refractivity contribution in [2.45, 2.75) is 6.92 Å². The Morgan fingerprint density at radius 3 is 2.47 bits per heavy atom. The normalized spacial score (nSPS) is 14.1. The van der Waals surface area contributed by atoms with Gasteiger partial charge in [-0.05, 0) is 26.1 Å². The Labute approximate surface area is 98.4 Å². The van der Waals surface area contributed by atoms with Gasteiger partial charge in [0.15, 0.2) is 5.78 Å². The van der Waals surface area contributed by atoms with Crippen LogP contribution in [0.2, 0.25) is 0 Å². The third-order valence-corrected chi connectivity index (χ3v) is 2.69. The zero-order chi connectivity index (χ0) is 12.6. The molecule has 1 aliphatic rings. The summed E-state index contributed by atoms with van der Waals surface area (Å²) >= 11 is 0. The van der Waals surface area contributed by atoms with Crippen LogP contribution in [-0.4, -0.2) is 36.2 Å². The number of benzene rings is 1. The zero-order valence-corrected chi connectivity index (χ0v) is 9.61. The fourth-order valence-electron chi connectivity index (χ4n) is 1.81. The molecule has 2 amide bonds. The van der Waals surface area contributed by atoms with E-state index in [1.165, 1.54) is 19.1 Å². The van der Waals surface area contributed by atoms with Crippen LogP contribution in [0.3, 0.4) is 0 Å². The maximum atomic E-state index is 11.9. The molecule has 88 valence electrons. The third-order valence-electron chi connectivity index (χ3n) is 2.69. The lowest BCUT2D eigenvalue weighted by molar-refractivity contribution is 0.0645. The molecule has 1 heterocycles. The number of nitrogens with one attached hydrogen (secondary N) is 1. The summed E-state index contributed by atoms with van der Waals surface area (Å²) in [7, 11) is 1.66. The standard InChI is InChI=1S/C12H12N2O3/c1-7(15)8-3-4-9-10(5-8)12(17)14(6-13-2)11(9)16/h3-5,13H,6H2,1-2H3. The maximum Gasteiger partial charge on any atom is 0.262 e. The van der Waals surface area contributed by atoms with Gasteiger partial charge < -0.3 is 5.32 Å². The second-order valence-corrected chi connectivity index (χ2v) is 3.87. The number of carbonyl (C=O) groups is 3. The maximum absolute atomic E-state index is 11.9. The van der Waals surface area contributed by atoms with E-state index >= 15 is 0 Å². The number of imide groups is 1. The molecule has 5 heteroatoms. The first-order chi connectivity index (χ1) is 8.06. The molecule has 1 N–H and O–H groups in total. The van der Waals surface area contributed by atoms with Crippen molar-refractivity contribution in [1.82, 2.24) is 10.2 Å². The fourth-order valence-corrected chi connectivity index (χ4v) is 1.81. The summed E-state index contributed by atoms with van der Waals surface area (Å²) in [6, 6.07) is 4.57. The topological polar surface area (TPSA) is 66.5 Å². The van der Waals surface area contributed by atoms with Crippen LogP contribution < -0.4 is 5.32 Å². The number of fused-ring (bicyclic) bond motifs is 1. The molecule has 0 unspecified atom stereocenters. The summed E-state index contributed by atoms with van der Waals surface area (Å²) in [6.45, 7) is 1.59. The minimum absolute atomic E-state index is 0.125. The predicted molar refractivity (Wildman–Crippen MR) is 60.9 cm³/mol. The Bertz CT molecular complexity index is 522. The van der Waals surface area contributed by atoms with Crippen LogP contribution in [-0.2, 0) is 0 Å². The van der Waals surface area contributed by atoms with Gasteiger partial charge >= 0.3 is 0 Å². The van der Waals surface area contributed by atoms with Gasteiger partial charge in [-0.3, -0.25) is 19.3 Å². The quantitative estimate of drug-likeness (QED) is 0.614. The molecule has 0 aliphatic carbocycles. The van der Waals surface area contributed by atoms with Crippen molar-refractivity contribution in [2.24, 2.45) is 0 Å². The van der Waals surface area contributed by atoms with Crippen LogP contribution in [0, 0.1) is 0 Å². The number of Topliss-reactive ketones (excluding diaryl/α,β-unsaturated/α-hetero) is 1.